The standard InChI is InChI=1S/C20H17ClN4O4S/c1-11(18(26)22-17-9-8-13(25(28)29)10-15(17)21)30-20-23-16-5-3-2-4-14(16)19(27)24(20)12-6-7-12/h2-5,8-12H,6-7H2,1H3,(H,22,26). The van der Waals surface area contributed by atoms with Crippen molar-refractivity contribution in [2.24, 2.45) is 0 Å². The average Bonchev–Trinajstić information content (AvgIpc) is 3.54. The lowest BCUT2D eigenvalue weighted by molar-refractivity contribution is -0.384. The summed E-state index contributed by atoms with van der Waals surface area (Å²) >= 11 is 7.26. The number of nitro benzene ring substituents is 1. The van der Waals surface area contributed by atoms with Gasteiger partial charge >= 0.3 is 0 Å². The van der Waals surface area contributed by atoms with Crippen LogP contribution in [0.3, 0.4) is 0 Å². The number of halogens is 1. The van der Waals surface area contributed by atoms with E-state index >= 15 is 0 Å². The summed E-state index contributed by atoms with van der Waals surface area (Å²) < 4.78 is 1.68. The first kappa shape index (κ1) is 20.4. The maximum absolute atomic E-state index is 12.9. The van der Waals surface area contributed by atoms with Crippen LogP contribution in [-0.2, 0) is 4.79 Å². The number of hydrogen-bond acceptors (Lipinski definition) is 6. The molecule has 1 heterocycles. The number of benzene rings is 2. The van der Waals surface area contributed by atoms with Crippen LogP contribution >= 0.6 is 23.4 Å². The van der Waals surface area contributed by atoms with E-state index in [9.17, 15) is 19.7 Å². The van der Waals surface area contributed by atoms with Crippen LogP contribution in [0.25, 0.3) is 10.9 Å². The molecule has 8 nitrogen and oxygen atoms in total. The molecule has 0 spiro atoms. The van der Waals surface area contributed by atoms with Gasteiger partial charge < -0.3 is 5.32 Å². The van der Waals surface area contributed by atoms with Crippen molar-refractivity contribution >= 4 is 51.5 Å². The van der Waals surface area contributed by atoms with Gasteiger partial charge in [0.25, 0.3) is 11.2 Å². The van der Waals surface area contributed by atoms with E-state index in [2.05, 4.69) is 10.3 Å². The largest absolute Gasteiger partial charge is 0.324 e. The van der Waals surface area contributed by atoms with E-state index in [0.717, 1.165) is 12.8 Å². The molecule has 3 aromatic rings. The molecule has 0 bridgehead atoms. The molecule has 1 aromatic heterocycles. The number of hydrogen-bond donors (Lipinski definition) is 1. The average molecular weight is 445 g/mol. The molecule has 30 heavy (non-hydrogen) atoms. The van der Waals surface area contributed by atoms with E-state index in [1.165, 1.54) is 30.0 Å². The number of para-hydroxylation sites is 1. The van der Waals surface area contributed by atoms with Gasteiger partial charge in [-0.1, -0.05) is 35.5 Å². The Labute approximate surface area is 180 Å². The molecule has 1 fully saturated rings. The summed E-state index contributed by atoms with van der Waals surface area (Å²) in [4.78, 5) is 40.5. The van der Waals surface area contributed by atoms with Crippen LogP contribution in [0.4, 0.5) is 11.4 Å². The van der Waals surface area contributed by atoms with Crippen molar-refractivity contribution in [3.63, 3.8) is 0 Å². The highest BCUT2D eigenvalue weighted by atomic mass is 35.5. The Morgan fingerprint density at radius 3 is 2.73 bits per heavy atom. The van der Waals surface area contributed by atoms with Crippen molar-refractivity contribution in [3.05, 3.63) is 68.0 Å². The molecule has 1 unspecified atom stereocenters. The van der Waals surface area contributed by atoms with Gasteiger partial charge in [0.2, 0.25) is 5.91 Å². The lowest BCUT2D eigenvalue weighted by atomic mass is 10.2. The van der Waals surface area contributed by atoms with Gasteiger partial charge in [-0.3, -0.25) is 24.3 Å². The fraction of sp³-hybridized carbons (Fsp3) is 0.250. The van der Waals surface area contributed by atoms with E-state index in [4.69, 9.17) is 11.6 Å². The minimum absolute atomic E-state index is 0.0773. The first-order valence-corrected chi connectivity index (χ1v) is 10.5. The molecule has 4 rings (SSSR count). The predicted octanol–water partition coefficient (Wildman–Crippen LogP) is 4.41. The number of nitrogens with one attached hydrogen (secondary N) is 1. The van der Waals surface area contributed by atoms with Crippen molar-refractivity contribution < 1.29 is 9.72 Å². The van der Waals surface area contributed by atoms with E-state index in [-0.39, 0.29) is 33.9 Å². The summed E-state index contributed by atoms with van der Waals surface area (Å²) in [5, 5.41) is 14.1. The number of amides is 1. The quantitative estimate of drug-likeness (QED) is 0.261. The number of non-ortho nitro benzene ring substituents is 1. The van der Waals surface area contributed by atoms with Crippen molar-refractivity contribution in [2.75, 3.05) is 5.32 Å². The van der Waals surface area contributed by atoms with Crippen LogP contribution < -0.4 is 10.9 Å². The number of anilines is 1. The Hall–Kier alpha value is -2.91. The van der Waals surface area contributed by atoms with Crippen LogP contribution in [0, 0.1) is 10.1 Å². The molecule has 1 aliphatic rings. The summed E-state index contributed by atoms with van der Waals surface area (Å²) in [5.74, 6) is -0.347. The second-order valence-electron chi connectivity index (χ2n) is 6.99. The number of nitro groups is 1. The van der Waals surface area contributed by atoms with Crippen molar-refractivity contribution in [1.29, 1.82) is 0 Å². The van der Waals surface area contributed by atoms with Gasteiger partial charge in [0, 0.05) is 18.2 Å². The minimum Gasteiger partial charge on any atom is -0.324 e. The number of fused-ring (bicyclic) bond motifs is 1. The molecular formula is C20H17ClN4O4S. The Morgan fingerprint density at radius 2 is 2.07 bits per heavy atom. The zero-order valence-corrected chi connectivity index (χ0v) is 17.4. The number of aromatic nitrogens is 2. The molecule has 1 aliphatic carbocycles. The molecule has 1 atom stereocenters. The highest BCUT2D eigenvalue weighted by molar-refractivity contribution is 8.00. The Balaban J connectivity index is 1.58. The summed E-state index contributed by atoms with van der Waals surface area (Å²) in [6.07, 6.45) is 1.82. The van der Waals surface area contributed by atoms with Gasteiger partial charge in [0.15, 0.2) is 5.16 Å². The number of carbonyl (C=O) groups is 1. The second-order valence-corrected chi connectivity index (χ2v) is 8.70. The zero-order valence-electron chi connectivity index (χ0n) is 15.9. The molecule has 0 saturated heterocycles. The third kappa shape index (κ3) is 4.03. The van der Waals surface area contributed by atoms with Gasteiger partial charge in [-0.2, -0.15) is 0 Å². The number of thioether (sulfide) groups is 1. The number of rotatable bonds is 6. The Morgan fingerprint density at radius 1 is 1.33 bits per heavy atom. The number of nitrogens with zero attached hydrogens (tertiary/aromatic N) is 3. The maximum atomic E-state index is 12.9. The molecule has 2 aromatic carbocycles. The third-order valence-electron chi connectivity index (χ3n) is 4.76. The van der Waals surface area contributed by atoms with Crippen LogP contribution in [-0.4, -0.2) is 25.6 Å². The molecule has 10 heteroatoms. The zero-order chi connectivity index (χ0) is 21.4. The summed E-state index contributed by atoms with van der Waals surface area (Å²) in [5.41, 5.74) is 0.615. The Bertz CT molecular complexity index is 1230. The van der Waals surface area contributed by atoms with E-state index in [1.54, 1.807) is 29.7 Å². The molecule has 154 valence electrons. The highest BCUT2D eigenvalue weighted by Gasteiger charge is 2.30. The van der Waals surface area contributed by atoms with Gasteiger partial charge in [0.05, 0.1) is 31.8 Å². The van der Waals surface area contributed by atoms with Gasteiger partial charge in [-0.05, 0) is 38.0 Å². The maximum Gasteiger partial charge on any atom is 0.271 e. The summed E-state index contributed by atoms with van der Waals surface area (Å²) in [7, 11) is 0. The van der Waals surface area contributed by atoms with E-state index < -0.39 is 10.2 Å². The predicted molar refractivity (Wildman–Crippen MR) is 116 cm³/mol. The van der Waals surface area contributed by atoms with Crippen molar-refractivity contribution in [1.82, 2.24) is 9.55 Å². The van der Waals surface area contributed by atoms with Crippen LogP contribution in [0.2, 0.25) is 5.02 Å². The fourth-order valence-electron chi connectivity index (χ4n) is 3.03. The van der Waals surface area contributed by atoms with Crippen molar-refractivity contribution in [2.45, 2.75) is 36.2 Å². The molecule has 1 amide bonds. The van der Waals surface area contributed by atoms with Crippen molar-refractivity contribution in [3.8, 4) is 0 Å². The molecule has 1 N–H and O–H groups in total. The molecular weight excluding hydrogens is 428 g/mol. The smallest absolute Gasteiger partial charge is 0.271 e. The van der Waals surface area contributed by atoms with Gasteiger partial charge in [-0.15, -0.1) is 0 Å². The number of carbonyl (C=O) groups excluding carboxylic acids is 1. The minimum atomic E-state index is -0.575. The first-order valence-electron chi connectivity index (χ1n) is 9.28. The summed E-state index contributed by atoms with van der Waals surface area (Å²) in [6, 6.07) is 11.1. The summed E-state index contributed by atoms with van der Waals surface area (Å²) in [6.45, 7) is 1.71. The van der Waals surface area contributed by atoms with Crippen LogP contribution in [0.5, 0.6) is 0 Å². The lowest BCUT2D eigenvalue weighted by Gasteiger charge is -2.16. The van der Waals surface area contributed by atoms with Gasteiger partial charge in [-0.25, -0.2) is 4.98 Å². The lowest BCUT2D eigenvalue weighted by Crippen LogP contribution is -2.26. The van der Waals surface area contributed by atoms with Gasteiger partial charge in [0.1, 0.15) is 0 Å². The SMILES string of the molecule is CC(Sc1nc2ccccc2c(=O)n1C1CC1)C(=O)Nc1ccc([N+](=O)[O-])cc1Cl. The fourth-order valence-corrected chi connectivity index (χ4v) is 4.23. The molecule has 0 radical (unpaired) electrons. The Kier molecular flexibility index (Phi) is 5.48. The van der Waals surface area contributed by atoms with E-state index in [1.807, 2.05) is 6.07 Å². The van der Waals surface area contributed by atoms with Crippen LogP contribution in [0.15, 0.2) is 52.4 Å². The molecule has 1 saturated carbocycles. The highest BCUT2D eigenvalue weighted by Crippen LogP contribution is 2.38. The topological polar surface area (TPSA) is 107 Å². The van der Waals surface area contributed by atoms with E-state index in [0.29, 0.717) is 16.1 Å². The second kappa shape index (κ2) is 8.08. The monoisotopic (exact) mass is 444 g/mol. The first-order chi connectivity index (χ1) is 14.3. The normalized spacial score (nSPS) is 14.5. The third-order valence-corrected chi connectivity index (χ3v) is 6.14. The molecule has 0 aliphatic heterocycles. The van der Waals surface area contributed by atoms with Crippen LogP contribution in [0.1, 0.15) is 25.8 Å².